The number of thiophene rings is 1. The van der Waals surface area contributed by atoms with Crippen LogP contribution >= 0.6 is 11.3 Å². The summed E-state index contributed by atoms with van der Waals surface area (Å²) < 4.78 is 40.3. The second-order valence-corrected chi connectivity index (χ2v) is 7.06. The molecule has 1 aromatic heterocycles. The largest absolute Gasteiger partial charge is 0.416 e. The molecule has 0 saturated heterocycles. The summed E-state index contributed by atoms with van der Waals surface area (Å²) in [5.74, 6) is -0.867. The topological polar surface area (TPSA) is 29.1 Å². The number of amides is 1. The van der Waals surface area contributed by atoms with Crippen LogP contribution in [0.2, 0.25) is 0 Å². The van der Waals surface area contributed by atoms with E-state index >= 15 is 0 Å². The fourth-order valence-corrected chi connectivity index (χ4v) is 4.52. The first-order chi connectivity index (χ1) is 12.4. The van der Waals surface area contributed by atoms with Gasteiger partial charge < -0.3 is 5.32 Å². The number of fused-ring (bicyclic) bond motifs is 1. The van der Waals surface area contributed by atoms with E-state index in [1.807, 2.05) is 35.7 Å². The van der Waals surface area contributed by atoms with Gasteiger partial charge in [-0.1, -0.05) is 48.5 Å². The van der Waals surface area contributed by atoms with E-state index in [2.05, 4.69) is 5.32 Å². The summed E-state index contributed by atoms with van der Waals surface area (Å²) >= 11 is 1.39. The predicted octanol–water partition coefficient (Wildman–Crippen LogP) is 5.91. The number of halogens is 3. The van der Waals surface area contributed by atoms with E-state index in [9.17, 15) is 18.0 Å². The quantitative estimate of drug-likeness (QED) is 0.595. The number of alkyl halides is 3. The zero-order chi connectivity index (χ0) is 18.3. The third kappa shape index (κ3) is 2.90. The molecule has 1 aliphatic rings. The highest BCUT2D eigenvalue weighted by Gasteiger charge is 2.38. The van der Waals surface area contributed by atoms with Crippen LogP contribution in [0.1, 0.15) is 28.3 Å². The minimum absolute atomic E-state index is 0.00877. The van der Waals surface area contributed by atoms with E-state index in [-0.39, 0.29) is 17.9 Å². The smallest absolute Gasteiger partial charge is 0.325 e. The average molecular weight is 373 g/mol. The monoisotopic (exact) mass is 373 g/mol. The second-order valence-electron chi connectivity index (χ2n) is 6.14. The first kappa shape index (κ1) is 16.8. The molecule has 1 aliphatic heterocycles. The van der Waals surface area contributed by atoms with Crippen molar-refractivity contribution in [3.05, 3.63) is 76.0 Å². The number of benzene rings is 2. The molecule has 132 valence electrons. The number of hydrogen-bond acceptors (Lipinski definition) is 2. The summed E-state index contributed by atoms with van der Waals surface area (Å²) in [6, 6.07) is 15.0. The Bertz CT molecular complexity index is 963. The third-order valence-corrected chi connectivity index (χ3v) is 5.61. The lowest BCUT2D eigenvalue weighted by Crippen LogP contribution is -2.24. The Morgan fingerprint density at radius 1 is 1.00 bits per heavy atom. The zero-order valence-corrected chi connectivity index (χ0v) is 14.3. The van der Waals surface area contributed by atoms with Gasteiger partial charge in [0, 0.05) is 28.2 Å². The Kier molecular flexibility index (Phi) is 4.07. The number of anilines is 1. The summed E-state index contributed by atoms with van der Waals surface area (Å²) in [5, 5.41) is 4.75. The van der Waals surface area contributed by atoms with E-state index in [0.717, 1.165) is 22.1 Å². The number of carbonyl (C=O) groups excluding carboxylic acids is 1. The summed E-state index contributed by atoms with van der Waals surface area (Å²) in [7, 11) is 0. The van der Waals surface area contributed by atoms with Crippen LogP contribution in [0.3, 0.4) is 0 Å². The van der Waals surface area contributed by atoms with Gasteiger partial charge in [0.25, 0.3) is 0 Å². The lowest BCUT2D eigenvalue weighted by Gasteiger charge is -2.26. The Balaban J connectivity index is 1.86. The molecule has 0 bridgehead atoms. The van der Waals surface area contributed by atoms with Crippen LogP contribution in [0.4, 0.5) is 18.9 Å². The summed E-state index contributed by atoms with van der Waals surface area (Å²) in [6.45, 7) is 0. The molecule has 2 heterocycles. The van der Waals surface area contributed by atoms with E-state index < -0.39 is 17.7 Å². The van der Waals surface area contributed by atoms with Crippen molar-refractivity contribution in [2.75, 3.05) is 5.32 Å². The van der Waals surface area contributed by atoms with Gasteiger partial charge in [0.15, 0.2) is 0 Å². The molecular weight excluding hydrogens is 359 g/mol. The van der Waals surface area contributed by atoms with Crippen molar-refractivity contribution >= 4 is 22.9 Å². The van der Waals surface area contributed by atoms with E-state index in [1.54, 1.807) is 6.07 Å². The number of rotatable bonds is 2. The fourth-order valence-electron chi connectivity index (χ4n) is 3.37. The molecule has 26 heavy (non-hydrogen) atoms. The summed E-state index contributed by atoms with van der Waals surface area (Å²) in [4.78, 5) is 13.0. The Hall–Kier alpha value is -2.60. The molecule has 1 amide bonds. The molecule has 0 saturated carbocycles. The Morgan fingerprint density at radius 3 is 2.42 bits per heavy atom. The van der Waals surface area contributed by atoms with Gasteiger partial charge in [0.05, 0.1) is 11.3 Å². The molecule has 1 unspecified atom stereocenters. The third-order valence-electron chi connectivity index (χ3n) is 4.52. The van der Waals surface area contributed by atoms with Gasteiger partial charge in [0.1, 0.15) is 0 Å². The highest BCUT2D eigenvalue weighted by atomic mass is 32.1. The second kappa shape index (κ2) is 6.29. The van der Waals surface area contributed by atoms with E-state index in [4.69, 9.17) is 0 Å². The van der Waals surface area contributed by atoms with Gasteiger partial charge in [-0.3, -0.25) is 4.79 Å². The first-order valence-electron chi connectivity index (χ1n) is 8.08. The predicted molar refractivity (Wildman–Crippen MR) is 96.3 cm³/mol. The molecule has 1 N–H and O–H groups in total. The minimum Gasteiger partial charge on any atom is -0.325 e. The average Bonchev–Trinajstić information content (AvgIpc) is 3.05. The lowest BCUT2D eigenvalue weighted by molar-refractivity contribution is -0.138. The normalized spacial score (nSPS) is 16.9. The molecule has 3 aromatic rings. The minimum atomic E-state index is -4.45. The molecule has 6 heteroatoms. The fraction of sp³-hybridized carbons (Fsp3) is 0.150. The Morgan fingerprint density at radius 2 is 1.69 bits per heavy atom. The molecule has 0 fully saturated rings. The standard InChI is InChI=1S/C20H14F3NOS/c21-20(22,23)16-9-5-4-8-13(16)14-10-17(25)24-18-15(11-26-19(14)18)12-6-2-1-3-7-12/h1-9,11,14H,10H2,(H,24,25). The van der Waals surface area contributed by atoms with E-state index in [1.165, 1.54) is 23.5 Å². The Labute approximate surface area is 152 Å². The molecule has 0 spiro atoms. The molecule has 2 aromatic carbocycles. The van der Waals surface area contributed by atoms with Crippen LogP contribution < -0.4 is 5.32 Å². The molecule has 1 atom stereocenters. The summed E-state index contributed by atoms with van der Waals surface area (Å²) in [6.07, 6.45) is -4.45. The van der Waals surface area contributed by atoms with Crippen molar-refractivity contribution in [2.45, 2.75) is 18.5 Å². The molecule has 0 aliphatic carbocycles. The maximum Gasteiger partial charge on any atom is 0.416 e. The van der Waals surface area contributed by atoms with Crippen LogP contribution in [-0.4, -0.2) is 5.91 Å². The molecule has 0 radical (unpaired) electrons. The van der Waals surface area contributed by atoms with Gasteiger partial charge in [-0.15, -0.1) is 11.3 Å². The number of hydrogen-bond donors (Lipinski definition) is 1. The van der Waals surface area contributed by atoms with Crippen molar-refractivity contribution in [2.24, 2.45) is 0 Å². The van der Waals surface area contributed by atoms with Crippen LogP contribution in [0.25, 0.3) is 11.1 Å². The van der Waals surface area contributed by atoms with Crippen molar-refractivity contribution in [3.8, 4) is 11.1 Å². The van der Waals surface area contributed by atoms with Gasteiger partial charge in [0.2, 0.25) is 5.91 Å². The van der Waals surface area contributed by atoms with Crippen LogP contribution in [0, 0.1) is 0 Å². The molecule has 2 nitrogen and oxygen atoms in total. The van der Waals surface area contributed by atoms with Gasteiger partial charge in [-0.2, -0.15) is 13.2 Å². The van der Waals surface area contributed by atoms with Gasteiger partial charge in [-0.25, -0.2) is 0 Å². The summed E-state index contributed by atoms with van der Waals surface area (Å²) in [5.41, 5.74) is 1.86. The SMILES string of the molecule is O=C1CC(c2ccccc2C(F)(F)F)c2scc(-c3ccccc3)c2N1. The van der Waals surface area contributed by atoms with Crippen LogP contribution in [0.5, 0.6) is 0 Å². The molecular formula is C20H14F3NOS. The van der Waals surface area contributed by atoms with Crippen LogP contribution in [-0.2, 0) is 11.0 Å². The van der Waals surface area contributed by atoms with E-state index in [0.29, 0.717) is 5.69 Å². The number of nitrogens with one attached hydrogen (secondary N) is 1. The van der Waals surface area contributed by atoms with Gasteiger partial charge in [-0.05, 0) is 17.2 Å². The molecule has 4 rings (SSSR count). The van der Waals surface area contributed by atoms with Crippen molar-refractivity contribution in [3.63, 3.8) is 0 Å². The van der Waals surface area contributed by atoms with Gasteiger partial charge >= 0.3 is 6.18 Å². The zero-order valence-electron chi connectivity index (χ0n) is 13.5. The highest BCUT2D eigenvalue weighted by Crippen LogP contribution is 2.48. The lowest BCUT2D eigenvalue weighted by atomic mass is 9.86. The van der Waals surface area contributed by atoms with Crippen LogP contribution in [0.15, 0.2) is 60.0 Å². The number of carbonyl (C=O) groups is 1. The first-order valence-corrected chi connectivity index (χ1v) is 8.96. The maximum atomic E-state index is 13.4. The highest BCUT2D eigenvalue weighted by molar-refractivity contribution is 7.11. The van der Waals surface area contributed by atoms with Crippen molar-refractivity contribution in [1.82, 2.24) is 0 Å². The van der Waals surface area contributed by atoms with Crippen molar-refractivity contribution in [1.29, 1.82) is 0 Å². The van der Waals surface area contributed by atoms with Crippen molar-refractivity contribution < 1.29 is 18.0 Å². The maximum absolute atomic E-state index is 13.4.